The number of isocyanates is 1. The number of benzene rings is 2. The minimum Gasteiger partial charge on any atom is -0.464 e. The second-order valence-corrected chi connectivity index (χ2v) is 8.21. The summed E-state index contributed by atoms with van der Waals surface area (Å²) in [5.41, 5.74) is 8.29. The summed E-state index contributed by atoms with van der Waals surface area (Å²) >= 11 is 0. The Hall–Kier alpha value is -2.75. The van der Waals surface area contributed by atoms with Gasteiger partial charge in [0.15, 0.2) is 6.10 Å². The van der Waals surface area contributed by atoms with Crippen LogP contribution in [0.25, 0.3) is 0 Å². The molecular formula is C25H27NO4. The van der Waals surface area contributed by atoms with E-state index in [4.69, 9.17) is 4.74 Å². The fourth-order valence-corrected chi connectivity index (χ4v) is 4.90. The van der Waals surface area contributed by atoms with E-state index in [1.165, 1.54) is 27.8 Å². The molecule has 0 aliphatic heterocycles. The van der Waals surface area contributed by atoms with Crippen LogP contribution in [0.3, 0.4) is 0 Å². The summed E-state index contributed by atoms with van der Waals surface area (Å²) in [6.07, 6.45) is 6.64. The minimum absolute atomic E-state index is 0.271. The summed E-state index contributed by atoms with van der Waals surface area (Å²) in [7, 11) is 0. The maximum Gasteiger partial charge on any atom is 0.334 e. The van der Waals surface area contributed by atoms with Crippen LogP contribution in [0.2, 0.25) is 0 Å². The molecule has 1 unspecified atom stereocenters. The number of fused-ring (bicyclic) bond motifs is 2. The van der Waals surface area contributed by atoms with Crippen molar-refractivity contribution in [3.05, 3.63) is 63.7 Å². The van der Waals surface area contributed by atoms with E-state index in [1.807, 2.05) is 12.1 Å². The number of ether oxygens (including phenoxy) is 1. The Labute approximate surface area is 176 Å². The van der Waals surface area contributed by atoms with Gasteiger partial charge in [-0.15, -0.1) is 0 Å². The summed E-state index contributed by atoms with van der Waals surface area (Å²) in [4.78, 5) is 26.8. The first kappa shape index (κ1) is 20.5. The molecule has 0 bridgehead atoms. The van der Waals surface area contributed by atoms with E-state index in [2.05, 4.69) is 23.2 Å². The molecule has 5 nitrogen and oxygen atoms in total. The van der Waals surface area contributed by atoms with Gasteiger partial charge in [-0.2, -0.15) is 4.99 Å². The van der Waals surface area contributed by atoms with Crippen molar-refractivity contribution < 1.29 is 19.4 Å². The third kappa shape index (κ3) is 4.09. The maximum absolute atomic E-state index is 11.6. The van der Waals surface area contributed by atoms with E-state index in [-0.39, 0.29) is 6.61 Å². The Balaban J connectivity index is 1.50. The molecule has 0 saturated heterocycles. The van der Waals surface area contributed by atoms with Crippen molar-refractivity contribution in [1.82, 2.24) is 0 Å². The van der Waals surface area contributed by atoms with E-state index >= 15 is 0 Å². The summed E-state index contributed by atoms with van der Waals surface area (Å²) in [5, 5.41) is 9.95. The van der Waals surface area contributed by atoms with Gasteiger partial charge in [0.2, 0.25) is 6.08 Å². The summed E-state index contributed by atoms with van der Waals surface area (Å²) in [5.74, 6) is -0.214. The number of aliphatic hydroxyl groups excluding tert-OH is 1. The maximum atomic E-state index is 11.6. The monoisotopic (exact) mass is 405 g/mol. The quantitative estimate of drug-likeness (QED) is 0.431. The second-order valence-electron chi connectivity index (χ2n) is 8.21. The molecule has 5 heteroatoms. The van der Waals surface area contributed by atoms with Crippen molar-refractivity contribution in [2.24, 2.45) is 4.99 Å². The Morgan fingerprint density at radius 1 is 1.23 bits per heavy atom. The van der Waals surface area contributed by atoms with Gasteiger partial charge in [-0.05, 0) is 91.2 Å². The molecule has 30 heavy (non-hydrogen) atoms. The molecule has 4 rings (SSSR count). The molecule has 2 aromatic rings. The van der Waals surface area contributed by atoms with E-state index in [0.717, 1.165) is 43.4 Å². The number of esters is 1. The highest BCUT2D eigenvalue weighted by atomic mass is 16.5. The van der Waals surface area contributed by atoms with Crippen molar-refractivity contribution in [1.29, 1.82) is 0 Å². The number of aryl methyl sites for hydroxylation is 2. The van der Waals surface area contributed by atoms with Crippen molar-refractivity contribution in [3.8, 4) is 0 Å². The van der Waals surface area contributed by atoms with Gasteiger partial charge in [0.25, 0.3) is 0 Å². The molecule has 0 aromatic heterocycles. The number of hydrogen-bond donors (Lipinski definition) is 1. The average molecular weight is 405 g/mol. The number of nitrogens with zero attached hydrogens (tertiary/aromatic N) is 1. The van der Waals surface area contributed by atoms with Crippen LogP contribution in [0.5, 0.6) is 0 Å². The first-order chi connectivity index (χ1) is 14.6. The normalized spacial score (nSPS) is 17.7. The van der Waals surface area contributed by atoms with Crippen LogP contribution in [0.15, 0.2) is 35.3 Å². The summed E-state index contributed by atoms with van der Waals surface area (Å²) in [6, 6.07) is 10.7. The fourth-order valence-electron chi connectivity index (χ4n) is 4.90. The number of carbonyl (C=O) groups is 1. The zero-order chi connectivity index (χ0) is 21.1. The second kappa shape index (κ2) is 8.95. The smallest absolute Gasteiger partial charge is 0.334 e. The lowest BCUT2D eigenvalue weighted by Crippen LogP contribution is -2.23. The van der Waals surface area contributed by atoms with E-state index < -0.39 is 12.1 Å². The van der Waals surface area contributed by atoms with Gasteiger partial charge in [0, 0.05) is 0 Å². The Bertz CT molecular complexity index is 1010. The third-order valence-electron chi connectivity index (χ3n) is 6.33. The highest BCUT2D eigenvalue weighted by Gasteiger charge is 2.29. The molecule has 2 aliphatic rings. The Morgan fingerprint density at radius 3 is 2.90 bits per heavy atom. The summed E-state index contributed by atoms with van der Waals surface area (Å²) in [6.45, 7) is 2.00. The molecule has 156 valence electrons. The first-order valence-corrected chi connectivity index (χ1v) is 10.8. The molecule has 0 saturated carbocycles. The SMILES string of the molecule is CCOC(=O)[C@H](O)CCc1cccc(C2Cc3cc4c(c(N=C=O)c3C2)CCC4)c1. The molecule has 0 radical (unpaired) electrons. The largest absolute Gasteiger partial charge is 0.464 e. The van der Waals surface area contributed by atoms with Crippen molar-refractivity contribution in [2.75, 3.05) is 6.61 Å². The van der Waals surface area contributed by atoms with Gasteiger partial charge in [0.1, 0.15) is 0 Å². The van der Waals surface area contributed by atoms with E-state index in [9.17, 15) is 14.7 Å². The standard InChI is InChI=1S/C25H27NO4/c1-2-30-25(29)23(28)10-9-16-5-3-6-17(11-16)19-13-20-12-18-7-4-8-21(18)24(26-15-27)22(20)14-19/h3,5-6,11-12,19,23,28H,2,4,7-10,13-14H2,1H3/t19?,23-/m1/s1. The van der Waals surface area contributed by atoms with Crippen LogP contribution in [0.1, 0.15) is 59.1 Å². The zero-order valence-corrected chi connectivity index (χ0v) is 17.3. The number of carbonyl (C=O) groups excluding carboxylic acids is 2. The highest BCUT2D eigenvalue weighted by molar-refractivity contribution is 5.74. The van der Waals surface area contributed by atoms with Crippen LogP contribution >= 0.6 is 0 Å². The lowest BCUT2D eigenvalue weighted by atomic mass is 9.93. The van der Waals surface area contributed by atoms with Gasteiger partial charge in [-0.1, -0.05) is 30.3 Å². The Morgan fingerprint density at radius 2 is 2.10 bits per heavy atom. The van der Waals surface area contributed by atoms with Crippen LogP contribution in [0.4, 0.5) is 5.69 Å². The summed E-state index contributed by atoms with van der Waals surface area (Å²) < 4.78 is 4.87. The fraction of sp³-hybridized carbons (Fsp3) is 0.440. The predicted octanol–water partition coefficient (Wildman–Crippen LogP) is 3.88. The van der Waals surface area contributed by atoms with Crippen molar-refractivity contribution in [3.63, 3.8) is 0 Å². The molecule has 0 amide bonds. The Kier molecular flexibility index (Phi) is 6.12. The van der Waals surface area contributed by atoms with Crippen molar-refractivity contribution >= 4 is 17.7 Å². The number of aliphatic imine (C=N–C) groups is 1. The number of hydrogen-bond acceptors (Lipinski definition) is 5. The molecule has 0 spiro atoms. The highest BCUT2D eigenvalue weighted by Crippen LogP contribution is 2.44. The molecule has 2 aliphatic carbocycles. The molecule has 0 heterocycles. The number of aliphatic hydroxyl groups is 1. The van der Waals surface area contributed by atoms with Gasteiger partial charge in [-0.25, -0.2) is 9.59 Å². The minimum atomic E-state index is -1.09. The lowest BCUT2D eigenvalue weighted by Gasteiger charge is -2.13. The first-order valence-electron chi connectivity index (χ1n) is 10.8. The van der Waals surface area contributed by atoms with Crippen LogP contribution in [-0.2, 0) is 46.4 Å². The van der Waals surface area contributed by atoms with Crippen LogP contribution in [0, 0.1) is 0 Å². The molecule has 2 aromatic carbocycles. The van der Waals surface area contributed by atoms with Gasteiger partial charge in [0.05, 0.1) is 12.3 Å². The zero-order valence-electron chi connectivity index (χ0n) is 17.3. The van der Waals surface area contributed by atoms with Crippen molar-refractivity contribution in [2.45, 2.75) is 63.9 Å². The van der Waals surface area contributed by atoms with Gasteiger partial charge >= 0.3 is 5.97 Å². The third-order valence-corrected chi connectivity index (χ3v) is 6.33. The molecule has 0 fully saturated rings. The van der Waals surface area contributed by atoms with E-state index in [1.54, 1.807) is 13.0 Å². The topological polar surface area (TPSA) is 76.0 Å². The lowest BCUT2D eigenvalue weighted by molar-refractivity contribution is -0.153. The number of rotatable bonds is 7. The predicted molar refractivity (Wildman–Crippen MR) is 114 cm³/mol. The molecule has 2 atom stereocenters. The molecular weight excluding hydrogens is 378 g/mol. The molecule has 1 N–H and O–H groups in total. The van der Waals surface area contributed by atoms with Crippen LogP contribution in [-0.4, -0.2) is 29.9 Å². The van der Waals surface area contributed by atoms with Crippen LogP contribution < -0.4 is 0 Å². The van der Waals surface area contributed by atoms with Gasteiger partial charge in [-0.3, -0.25) is 0 Å². The van der Waals surface area contributed by atoms with Gasteiger partial charge < -0.3 is 9.84 Å². The van der Waals surface area contributed by atoms with E-state index in [0.29, 0.717) is 18.8 Å². The average Bonchev–Trinajstić information content (AvgIpc) is 3.39.